The summed E-state index contributed by atoms with van der Waals surface area (Å²) < 4.78 is 0. The van der Waals surface area contributed by atoms with Gasteiger partial charge in [0.15, 0.2) is 0 Å². The highest BCUT2D eigenvalue weighted by molar-refractivity contribution is 7.10. The summed E-state index contributed by atoms with van der Waals surface area (Å²) in [5, 5.41) is 14.3. The largest absolute Gasteiger partial charge is 0.478 e. The van der Waals surface area contributed by atoms with Crippen LogP contribution in [0.3, 0.4) is 0 Å². The fourth-order valence-corrected chi connectivity index (χ4v) is 2.66. The van der Waals surface area contributed by atoms with Crippen molar-refractivity contribution in [3.05, 3.63) is 52.2 Å². The van der Waals surface area contributed by atoms with Gasteiger partial charge in [-0.2, -0.15) is 0 Å². The third kappa shape index (κ3) is 3.35. The normalized spacial score (nSPS) is 11.3. The van der Waals surface area contributed by atoms with Gasteiger partial charge in [-0.1, -0.05) is 19.9 Å². The molecule has 3 nitrogen and oxygen atoms in total. The molecule has 0 unspecified atom stereocenters. The minimum Gasteiger partial charge on any atom is -0.478 e. The standard InChI is InChI=1S/C15H17NO2S/c1-15(2,13-4-3-9-19-13)10-16-12-7-5-11(6-8-12)14(17)18/h3-9,16H,10H2,1-2H3,(H,17,18). The van der Waals surface area contributed by atoms with Crippen LogP contribution in [0.2, 0.25) is 0 Å². The van der Waals surface area contributed by atoms with Crippen LogP contribution in [0.5, 0.6) is 0 Å². The lowest BCUT2D eigenvalue weighted by molar-refractivity contribution is 0.0697. The molecule has 0 aliphatic rings. The predicted molar refractivity (Wildman–Crippen MR) is 79.2 cm³/mol. The molecule has 4 heteroatoms. The van der Waals surface area contributed by atoms with Gasteiger partial charge in [0.1, 0.15) is 0 Å². The highest BCUT2D eigenvalue weighted by Crippen LogP contribution is 2.27. The molecule has 0 fully saturated rings. The maximum atomic E-state index is 10.8. The van der Waals surface area contributed by atoms with Gasteiger partial charge in [0.05, 0.1) is 5.56 Å². The van der Waals surface area contributed by atoms with Gasteiger partial charge in [0, 0.05) is 22.5 Å². The van der Waals surface area contributed by atoms with Crippen molar-refractivity contribution in [1.82, 2.24) is 0 Å². The van der Waals surface area contributed by atoms with E-state index in [9.17, 15) is 4.79 Å². The topological polar surface area (TPSA) is 49.3 Å². The lowest BCUT2D eigenvalue weighted by Gasteiger charge is -2.24. The second kappa shape index (κ2) is 5.45. The van der Waals surface area contributed by atoms with Crippen molar-refractivity contribution in [3.63, 3.8) is 0 Å². The van der Waals surface area contributed by atoms with Crippen LogP contribution < -0.4 is 5.32 Å². The molecule has 2 N–H and O–H groups in total. The minimum absolute atomic E-state index is 0.0552. The Hall–Kier alpha value is -1.81. The summed E-state index contributed by atoms with van der Waals surface area (Å²) >= 11 is 1.75. The van der Waals surface area contributed by atoms with E-state index in [4.69, 9.17) is 5.11 Å². The first-order valence-electron chi connectivity index (χ1n) is 6.10. The number of carbonyl (C=O) groups is 1. The van der Waals surface area contributed by atoms with E-state index in [1.54, 1.807) is 35.6 Å². The predicted octanol–water partition coefficient (Wildman–Crippen LogP) is 3.84. The molecule has 19 heavy (non-hydrogen) atoms. The van der Waals surface area contributed by atoms with E-state index >= 15 is 0 Å². The number of carboxylic acids is 1. The Balaban J connectivity index is 2.00. The number of rotatable bonds is 5. The third-order valence-corrected chi connectivity index (χ3v) is 4.29. The average molecular weight is 275 g/mol. The summed E-state index contributed by atoms with van der Waals surface area (Å²) in [7, 11) is 0. The van der Waals surface area contributed by atoms with Crippen molar-refractivity contribution in [2.75, 3.05) is 11.9 Å². The van der Waals surface area contributed by atoms with Crippen LogP contribution in [0.1, 0.15) is 29.1 Å². The zero-order valence-corrected chi connectivity index (χ0v) is 11.8. The van der Waals surface area contributed by atoms with E-state index in [2.05, 4.69) is 36.7 Å². The van der Waals surface area contributed by atoms with Crippen molar-refractivity contribution in [1.29, 1.82) is 0 Å². The highest BCUT2D eigenvalue weighted by Gasteiger charge is 2.21. The SMILES string of the molecule is CC(C)(CNc1ccc(C(=O)O)cc1)c1cccs1. The molecule has 0 bridgehead atoms. The fourth-order valence-electron chi connectivity index (χ4n) is 1.80. The van der Waals surface area contributed by atoms with Gasteiger partial charge in [-0.15, -0.1) is 11.3 Å². The number of carboxylic acid groups (broad SMARTS) is 1. The van der Waals surface area contributed by atoms with E-state index < -0.39 is 5.97 Å². The molecule has 2 rings (SSSR count). The Morgan fingerprint density at radius 3 is 2.47 bits per heavy atom. The Labute approximate surface area is 116 Å². The van der Waals surface area contributed by atoms with Crippen LogP contribution in [0.4, 0.5) is 5.69 Å². The van der Waals surface area contributed by atoms with Crippen molar-refractivity contribution in [2.24, 2.45) is 0 Å². The molecule has 0 saturated heterocycles. The summed E-state index contributed by atoms with van der Waals surface area (Å²) in [5.74, 6) is -0.898. The number of benzene rings is 1. The van der Waals surface area contributed by atoms with Crippen LogP contribution >= 0.6 is 11.3 Å². The number of thiophene rings is 1. The van der Waals surface area contributed by atoms with Crippen molar-refractivity contribution in [2.45, 2.75) is 19.3 Å². The second-order valence-corrected chi connectivity index (χ2v) is 6.04. The first kappa shape index (κ1) is 13.6. The summed E-state index contributed by atoms with van der Waals surface area (Å²) in [6, 6.07) is 11.0. The number of hydrogen-bond donors (Lipinski definition) is 2. The quantitative estimate of drug-likeness (QED) is 0.871. The summed E-state index contributed by atoms with van der Waals surface area (Å²) in [6.45, 7) is 5.19. The first-order chi connectivity index (χ1) is 8.99. The molecule has 0 aliphatic heterocycles. The molecular formula is C15H17NO2S. The second-order valence-electron chi connectivity index (χ2n) is 5.10. The Morgan fingerprint density at radius 1 is 1.26 bits per heavy atom. The van der Waals surface area contributed by atoms with Gasteiger partial charge in [-0.05, 0) is 35.7 Å². The number of anilines is 1. The Morgan fingerprint density at radius 2 is 1.95 bits per heavy atom. The molecular weight excluding hydrogens is 258 g/mol. The smallest absolute Gasteiger partial charge is 0.335 e. The number of aromatic carboxylic acids is 1. The maximum Gasteiger partial charge on any atom is 0.335 e. The molecule has 0 radical (unpaired) electrons. The summed E-state index contributed by atoms with van der Waals surface area (Å²) in [6.07, 6.45) is 0. The van der Waals surface area contributed by atoms with Gasteiger partial charge in [-0.25, -0.2) is 4.79 Å². The van der Waals surface area contributed by atoms with Crippen LogP contribution in [0, 0.1) is 0 Å². The van der Waals surface area contributed by atoms with Crippen molar-refractivity contribution in [3.8, 4) is 0 Å². The van der Waals surface area contributed by atoms with Gasteiger partial charge in [0.25, 0.3) is 0 Å². The fraction of sp³-hybridized carbons (Fsp3) is 0.267. The lowest BCUT2D eigenvalue weighted by Crippen LogP contribution is -2.26. The minimum atomic E-state index is -0.898. The molecule has 1 heterocycles. The summed E-state index contributed by atoms with van der Waals surface area (Å²) in [5.41, 5.74) is 1.30. The molecule has 0 spiro atoms. The van der Waals surface area contributed by atoms with Crippen molar-refractivity contribution >= 4 is 23.0 Å². The van der Waals surface area contributed by atoms with Gasteiger partial charge in [-0.3, -0.25) is 0 Å². The summed E-state index contributed by atoms with van der Waals surface area (Å²) in [4.78, 5) is 12.1. The monoisotopic (exact) mass is 275 g/mol. The molecule has 0 saturated carbocycles. The average Bonchev–Trinajstić information content (AvgIpc) is 2.91. The number of nitrogens with one attached hydrogen (secondary N) is 1. The Bertz CT molecular complexity index is 544. The molecule has 0 atom stereocenters. The van der Waals surface area contributed by atoms with Gasteiger partial charge in [0.2, 0.25) is 0 Å². The third-order valence-electron chi connectivity index (χ3n) is 3.05. The van der Waals surface area contributed by atoms with E-state index in [1.165, 1.54) is 4.88 Å². The highest BCUT2D eigenvalue weighted by atomic mass is 32.1. The number of hydrogen-bond acceptors (Lipinski definition) is 3. The molecule has 100 valence electrons. The van der Waals surface area contributed by atoms with E-state index in [-0.39, 0.29) is 5.41 Å². The van der Waals surface area contributed by atoms with Gasteiger partial charge < -0.3 is 10.4 Å². The first-order valence-corrected chi connectivity index (χ1v) is 6.98. The van der Waals surface area contributed by atoms with E-state index in [0.717, 1.165) is 12.2 Å². The maximum absolute atomic E-state index is 10.8. The molecule has 0 amide bonds. The van der Waals surface area contributed by atoms with Crippen molar-refractivity contribution < 1.29 is 9.90 Å². The zero-order valence-electron chi connectivity index (χ0n) is 11.0. The molecule has 2 aromatic rings. The Kier molecular flexibility index (Phi) is 3.90. The molecule has 1 aromatic carbocycles. The molecule has 1 aromatic heterocycles. The van der Waals surface area contributed by atoms with Gasteiger partial charge >= 0.3 is 5.97 Å². The van der Waals surface area contributed by atoms with Crippen LogP contribution in [-0.2, 0) is 5.41 Å². The van der Waals surface area contributed by atoms with E-state index in [0.29, 0.717) is 5.56 Å². The van der Waals surface area contributed by atoms with Crippen LogP contribution in [0.15, 0.2) is 41.8 Å². The lowest BCUT2D eigenvalue weighted by atomic mass is 9.91. The van der Waals surface area contributed by atoms with Crippen LogP contribution in [0.25, 0.3) is 0 Å². The van der Waals surface area contributed by atoms with E-state index in [1.807, 2.05) is 0 Å². The molecule has 0 aliphatic carbocycles. The zero-order chi connectivity index (χ0) is 13.9. The van der Waals surface area contributed by atoms with Crippen LogP contribution in [-0.4, -0.2) is 17.6 Å².